The molecule has 3 aromatic rings. The summed E-state index contributed by atoms with van der Waals surface area (Å²) in [5.74, 6) is -0.846. The molecule has 0 bridgehead atoms. The summed E-state index contributed by atoms with van der Waals surface area (Å²) in [6, 6.07) is 5.79. The molecule has 1 aliphatic heterocycles. The molecule has 2 aromatic heterocycles. The molecule has 4 rings (SSSR count). The van der Waals surface area contributed by atoms with Crippen LogP contribution in [0.5, 0.6) is 0 Å². The van der Waals surface area contributed by atoms with Crippen LogP contribution in [-0.2, 0) is 4.74 Å². The molecule has 152 valence electrons. The van der Waals surface area contributed by atoms with Crippen LogP contribution < -0.4 is 15.8 Å². The largest absolute Gasteiger partial charge is 0.378 e. The van der Waals surface area contributed by atoms with E-state index in [2.05, 4.69) is 20.7 Å². The predicted molar refractivity (Wildman–Crippen MR) is 116 cm³/mol. The number of amides is 2. The highest BCUT2D eigenvalue weighted by Gasteiger charge is 2.22. The summed E-state index contributed by atoms with van der Waals surface area (Å²) in [4.78, 5) is 32.6. The number of rotatable bonds is 3. The molecule has 2 amide bonds. The number of morpholine rings is 1. The van der Waals surface area contributed by atoms with Gasteiger partial charge < -0.3 is 9.64 Å². The Labute approximate surface area is 180 Å². The Morgan fingerprint density at radius 2 is 1.79 bits per heavy atom. The average molecular weight is 451 g/mol. The summed E-state index contributed by atoms with van der Waals surface area (Å²) >= 11 is 9.02. The van der Waals surface area contributed by atoms with E-state index >= 15 is 0 Å². The van der Waals surface area contributed by atoms with E-state index in [4.69, 9.17) is 16.3 Å². The van der Waals surface area contributed by atoms with Gasteiger partial charge in [0.25, 0.3) is 11.8 Å². The molecule has 7 nitrogen and oxygen atoms in total. The van der Waals surface area contributed by atoms with Crippen molar-refractivity contribution in [2.45, 2.75) is 13.8 Å². The number of halogens is 1. The summed E-state index contributed by atoms with van der Waals surface area (Å²) in [6.45, 7) is 6.51. The lowest BCUT2D eigenvalue weighted by atomic mass is 10.1. The van der Waals surface area contributed by atoms with Gasteiger partial charge in [0.1, 0.15) is 9.75 Å². The molecule has 1 aliphatic rings. The number of nitrogens with one attached hydrogen (secondary N) is 2. The molecular formula is C19H19ClN4O3S2. The van der Waals surface area contributed by atoms with Crippen LogP contribution in [0.25, 0.3) is 10.1 Å². The van der Waals surface area contributed by atoms with Crippen LogP contribution in [-0.4, -0.2) is 43.1 Å². The lowest BCUT2D eigenvalue weighted by molar-refractivity contribution is 0.0850. The SMILES string of the molecule is Cc1nc(N2CCOCC2)sc1C(=O)NNC(=O)c1sc2cccc(C)c2c1Cl. The van der Waals surface area contributed by atoms with Crippen molar-refractivity contribution in [3.63, 3.8) is 0 Å². The first kappa shape index (κ1) is 20.1. The number of thiophene rings is 1. The van der Waals surface area contributed by atoms with Crippen molar-refractivity contribution < 1.29 is 14.3 Å². The number of nitrogens with zero attached hydrogens (tertiary/aromatic N) is 2. The molecule has 3 heterocycles. The van der Waals surface area contributed by atoms with Gasteiger partial charge >= 0.3 is 0 Å². The first-order valence-electron chi connectivity index (χ1n) is 9.04. The molecule has 0 unspecified atom stereocenters. The third-order valence-corrected chi connectivity index (χ3v) is 7.50. The Balaban J connectivity index is 1.46. The Bertz CT molecular complexity index is 1090. The van der Waals surface area contributed by atoms with Gasteiger partial charge in [-0.15, -0.1) is 11.3 Å². The number of hydrogen-bond donors (Lipinski definition) is 2. The molecule has 29 heavy (non-hydrogen) atoms. The van der Waals surface area contributed by atoms with E-state index in [-0.39, 0.29) is 0 Å². The van der Waals surface area contributed by atoms with E-state index < -0.39 is 11.8 Å². The minimum Gasteiger partial charge on any atom is -0.378 e. The second-order valence-corrected chi connectivity index (χ2v) is 9.02. The molecule has 1 aromatic carbocycles. The van der Waals surface area contributed by atoms with Crippen LogP contribution in [0.3, 0.4) is 0 Å². The van der Waals surface area contributed by atoms with E-state index in [1.807, 2.05) is 25.1 Å². The summed E-state index contributed by atoms with van der Waals surface area (Å²) in [7, 11) is 0. The Morgan fingerprint density at radius 3 is 2.48 bits per heavy atom. The number of benzene rings is 1. The number of thiazole rings is 1. The normalized spacial score (nSPS) is 14.2. The molecule has 10 heteroatoms. The molecule has 0 radical (unpaired) electrons. The fourth-order valence-corrected chi connectivity index (χ4v) is 5.72. The van der Waals surface area contributed by atoms with Crippen molar-refractivity contribution in [3.8, 4) is 0 Å². The van der Waals surface area contributed by atoms with Crippen LogP contribution in [0.1, 0.15) is 30.6 Å². The van der Waals surface area contributed by atoms with Crippen molar-refractivity contribution >= 4 is 61.3 Å². The molecule has 0 atom stereocenters. The monoisotopic (exact) mass is 450 g/mol. The number of aryl methyl sites for hydroxylation is 2. The van der Waals surface area contributed by atoms with Gasteiger partial charge in [0, 0.05) is 23.2 Å². The van der Waals surface area contributed by atoms with Crippen molar-refractivity contribution in [2.24, 2.45) is 0 Å². The quantitative estimate of drug-likeness (QED) is 0.596. The van der Waals surface area contributed by atoms with E-state index in [0.717, 1.165) is 33.9 Å². The maximum atomic E-state index is 12.6. The van der Waals surface area contributed by atoms with Gasteiger partial charge in [-0.1, -0.05) is 35.1 Å². The third-order valence-electron chi connectivity index (χ3n) is 4.63. The van der Waals surface area contributed by atoms with E-state index in [1.54, 1.807) is 6.92 Å². The number of aromatic nitrogens is 1. The summed E-state index contributed by atoms with van der Waals surface area (Å²) < 4.78 is 6.28. The van der Waals surface area contributed by atoms with Crippen molar-refractivity contribution in [1.29, 1.82) is 0 Å². The number of ether oxygens (including phenoxy) is 1. The Kier molecular flexibility index (Phi) is 5.73. The smallest absolute Gasteiger partial charge is 0.281 e. The van der Waals surface area contributed by atoms with Gasteiger partial charge in [-0.25, -0.2) is 4.98 Å². The highest BCUT2D eigenvalue weighted by atomic mass is 35.5. The number of anilines is 1. The summed E-state index contributed by atoms with van der Waals surface area (Å²) in [6.07, 6.45) is 0. The first-order valence-corrected chi connectivity index (χ1v) is 11.0. The number of hydrazine groups is 1. The predicted octanol–water partition coefficient (Wildman–Crippen LogP) is 3.54. The molecular weight excluding hydrogens is 432 g/mol. The minimum absolute atomic E-state index is 0.367. The Hall–Kier alpha value is -2.20. The highest BCUT2D eigenvalue weighted by Crippen LogP contribution is 2.37. The Morgan fingerprint density at radius 1 is 1.10 bits per heavy atom. The van der Waals surface area contributed by atoms with Crippen molar-refractivity contribution in [2.75, 3.05) is 31.2 Å². The fourth-order valence-electron chi connectivity index (χ4n) is 3.13. The van der Waals surface area contributed by atoms with Crippen LogP contribution in [0.15, 0.2) is 18.2 Å². The zero-order valence-corrected chi connectivity index (χ0v) is 18.3. The molecule has 1 fully saturated rings. The van der Waals surface area contributed by atoms with E-state index in [9.17, 15) is 9.59 Å². The number of carbonyl (C=O) groups is 2. The van der Waals surface area contributed by atoms with Gasteiger partial charge in [0.05, 0.1) is 23.9 Å². The van der Waals surface area contributed by atoms with Gasteiger partial charge in [-0.2, -0.15) is 0 Å². The van der Waals surface area contributed by atoms with Gasteiger partial charge in [-0.05, 0) is 25.5 Å². The lowest BCUT2D eigenvalue weighted by Crippen LogP contribution is -2.41. The van der Waals surface area contributed by atoms with Crippen molar-refractivity contribution in [3.05, 3.63) is 44.2 Å². The third kappa shape index (κ3) is 3.95. The number of fused-ring (bicyclic) bond motifs is 1. The fraction of sp³-hybridized carbons (Fsp3) is 0.316. The van der Waals surface area contributed by atoms with Crippen molar-refractivity contribution in [1.82, 2.24) is 15.8 Å². The van der Waals surface area contributed by atoms with Crippen LogP contribution in [0, 0.1) is 13.8 Å². The number of hydrogen-bond acceptors (Lipinski definition) is 7. The van der Waals surface area contributed by atoms with Gasteiger partial charge in [0.2, 0.25) is 0 Å². The van der Waals surface area contributed by atoms with Crippen LogP contribution in [0.4, 0.5) is 5.13 Å². The van der Waals surface area contributed by atoms with Gasteiger partial charge in [-0.3, -0.25) is 20.4 Å². The molecule has 1 saturated heterocycles. The summed E-state index contributed by atoms with van der Waals surface area (Å²) in [5.41, 5.74) is 6.57. The zero-order valence-electron chi connectivity index (χ0n) is 15.9. The molecule has 2 N–H and O–H groups in total. The molecule has 0 saturated carbocycles. The second kappa shape index (κ2) is 8.27. The highest BCUT2D eigenvalue weighted by molar-refractivity contribution is 7.21. The van der Waals surface area contributed by atoms with Crippen LogP contribution >= 0.6 is 34.3 Å². The topological polar surface area (TPSA) is 83.6 Å². The number of carbonyl (C=O) groups excluding carboxylic acids is 2. The molecule has 0 spiro atoms. The maximum absolute atomic E-state index is 12.6. The average Bonchev–Trinajstić information content (AvgIpc) is 3.28. The van der Waals surface area contributed by atoms with E-state index in [1.165, 1.54) is 22.7 Å². The standard InChI is InChI=1S/C19H19ClN4O3S2/c1-10-4-3-5-12-13(10)14(20)16(28-12)18(26)23-22-17(25)15-11(2)21-19(29-15)24-6-8-27-9-7-24/h3-5H,6-9H2,1-2H3,(H,22,25)(H,23,26). The van der Waals surface area contributed by atoms with E-state index in [0.29, 0.717) is 33.7 Å². The second-order valence-electron chi connectivity index (χ2n) is 6.61. The van der Waals surface area contributed by atoms with Crippen LogP contribution in [0.2, 0.25) is 5.02 Å². The lowest BCUT2D eigenvalue weighted by Gasteiger charge is -2.25. The van der Waals surface area contributed by atoms with Gasteiger partial charge in [0.15, 0.2) is 5.13 Å². The maximum Gasteiger partial charge on any atom is 0.281 e. The minimum atomic E-state index is -0.445. The summed E-state index contributed by atoms with van der Waals surface area (Å²) in [5, 5.41) is 2.05. The zero-order chi connectivity index (χ0) is 20.5. The first-order chi connectivity index (χ1) is 14.0. The molecule has 0 aliphatic carbocycles.